The Kier molecular flexibility index (Phi) is 5.09. The van der Waals surface area contributed by atoms with E-state index in [1.807, 2.05) is 30.3 Å². The quantitative estimate of drug-likeness (QED) is 0.489. The summed E-state index contributed by atoms with van der Waals surface area (Å²) in [4.78, 5) is 41.2. The molecule has 0 aliphatic carbocycles. The molecule has 2 aliphatic heterocycles. The Morgan fingerprint density at radius 3 is 2.57 bits per heavy atom. The van der Waals surface area contributed by atoms with Gasteiger partial charge in [0, 0.05) is 22.1 Å². The van der Waals surface area contributed by atoms with Crippen molar-refractivity contribution in [1.29, 1.82) is 0 Å². The van der Waals surface area contributed by atoms with E-state index in [1.54, 1.807) is 24.1 Å². The van der Waals surface area contributed by atoms with Gasteiger partial charge in [0.05, 0.1) is 13.7 Å². The van der Waals surface area contributed by atoms with Crippen molar-refractivity contribution >= 4 is 40.3 Å². The minimum Gasteiger partial charge on any atom is -0.497 e. The molecule has 1 unspecified atom stereocenters. The Balaban J connectivity index is 1.54. The zero-order valence-corrected chi connectivity index (χ0v) is 17.5. The molecule has 2 aromatic rings. The molecule has 4 rings (SSSR count). The third-order valence-electron chi connectivity index (χ3n) is 5.26. The number of hydrogen-bond donors (Lipinski definition) is 0. The highest BCUT2D eigenvalue weighted by Crippen LogP contribution is 2.30. The summed E-state index contributed by atoms with van der Waals surface area (Å²) >= 11 is 2.21. The Morgan fingerprint density at radius 2 is 1.86 bits per heavy atom. The maximum Gasteiger partial charge on any atom is 0.255 e. The molecule has 0 saturated carbocycles. The zero-order chi connectivity index (χ0) is 19.8. The minimum atomic E-state index is -0.603. The van der Waals surface area contributed by atoms with Gasteiger partial charge in [0.25, 0.3) is 11.8 Å². The highest BCUT2D eigenvalue weighted by molar-refractivity contribution is 14.1. The molecule has 144 valence electrons. The van der Waals surface area contributed by atoms with Crippen LogP contribution >= 0.6 is 22.6 Å². The van der Waals surface area contributed by atoms with Gasteiger partial charge in [0.1, 0.15) is 11.8 Å². The molecule has 0 radical (unpaired) electrons. The normalized spacial score (nSPS) is 19.2. The fourth-order valence-electron chi connectivity index (χ4n) is 3.75. The van der Waals surface area contributed by atoms with E-state index in [0.29, 0.717) is 24.3 Å². The number of benzene rings is 2. The van der Waals surface area contributed by atoms with Crippen molar-refractivity contribution in [3.8, 4) is 5.75 Å². The number of imide groups is 1. The highest BCUT2D eigenvalue weighted by Gasteiger charge is 2.42. The van der Waals surface area contributed by atoms with Crippen LogP contribution in [0.5, 0.6) is 5.75 Å². The summed E-state index contributed by atoms with van der Waals surface area (Å²) in [6, 6.07) is 12.3. The van der Waals surface area contributed by atoms with Gasteiger partial charge in [-0.1, -0.05) is 12.1 Å². The fraction of sp³-hybridized carbons (Fsp3) is 0.286. The van der Waals surface area contributed by atoms with Crippen molar-refractivity contribution in [3.63, 3.8) is 0 Å². The van der Waals surface area contributed by atoms with Crippen LogP contribution in [-0.4, -0.2) is 40.7 Å². The number of piperidine rings is 1. The highest BCUT2D eigenvalue weighted by atomic mass is 127. The van der Waals surface area contributed by atoms with Crippen molar-refractivity contribution < 1.29 is 19.1 Å². The van der Waals surface area contributed by atoms with Crippen LogP contribution in [0, 0.1) is 3.57 Å². The van der Waals surface area contributed by atoms with Crippen LogP contribution < -0.4 is 4.74 Å². The van der Waals surface area contributed by atoms with Crippen LogP contribution in [0.25, 0.3) is 0 Å². The predicted octanol–water partition coefficient (Wildman–Crippen LogP) is 2.97. The molecule has 6 nitrogen and oxygen atoms in total. The van der Waals surface area contributed by atoms with E-state index < -0.39 is 6.04 Å². The van der Waals surface area contributed by atoms with Crippen molar-refractivity contribution in [2.45, 2.75) is 32.0 Å². The number of rotatable bonds is 4. The summed E-state index contributed by atoms with van der Waals surface area (Å²) in [5.41, 5.74) is 2.42. The first-order valence-electron chi connectivity index (χ1n) is 9.04. The molecule has 0 N–H and O–H groups in total. The molecule has 0 bridgehead atoms. The molecular weight excluding hydrogens is 471 g/mol. The summed E-state index contributed by atoms with van der Waals surface area (Å²) in [5, 5.41) is 0. The lowest BCUT2D eigenvalue weighted by Crippen LogP contribution is -2.54. The number of nitrogens with zero attached hydrogens (tertiary/aromatic N) is 2. The van der Waals surface area contributed by atoms with Crippen LogP contribution in [-0.2, 0) is 22.7 Å². The number of methoxy groups -OCH3 is 1. The Bertz CT molecular complexity index is 957. The van der Waals surface area contributed by atoms with Crippen molar-refractivity contribution in [1.82, 2.24) is 9.80 Å². The molecule has 2 aromatic carbocycles. The maximum atomic E-state index is 13.1. The summed E-state index contributed by atoms with van der Waals surface area (Å²) < 4.78 is 6.20. The van der Waals surface area contributed by atoms with Gasteiger partial charge in [-0.25, -0.2) is 0 Å². The third-order valence-corrected chi connectivity index (χ3v) is 5.93. The monoisotopic (exact) mass is 490 g/mol. The van der Waals surface area contributed by atoms with Crippen LogP contribution in [0.15, 0.2) is 42.5 Å². The molecule has 0 aromatic heterocycles. The van der Waals surface area contributed by atoms with Gasteiger partial charge in [0.15, 0.2) is 0 Å². The lowest BCUT2D eigenvalue weighted by Gasteiger charge is -2.35. The Labute approximate surface area is 176 Å². The smallest absolute Gasteiger partial charge is 0.255 e. The lowest BCUT2D eigenvalue weighted by atomic mass is 10.0. The zero-order valence-electron chi connectivity index (χ0n) is 15.4. The molecule has 1 saturated heterocycles. The van der Waals surface area contributed by atoms with Gasteiger partial charge in [-0.3, -0.25) is 19.3 Å². The van der Waals surface area contributed by atoms with Crippen LogP contribution in [0.1, 0.15) is 34.3 Å². The second-order valence-corrected chi connectivity index (χ2v) is 8.20. The number of amides is 3. The van der Waals surface area contributed by atoms with Crippen molar-refractivity contribution in [2.75, 3.05) is 7.11 Å². The van der Waals surface area contributed by atoms with Crippen LogP contribution in [0.2, 0.25) is 0 Å². The number of carbonyl (C=O) groups excluding carboxylic acids is 3. The first-order valence-corrected chi connectivity index (χ1v) is 10.1. The second-order valence-electron chi connectivity index (χ2n) is 6.96. The number of fused-ring (bicyclic) bond motifs is 1. The number of ether oxygens (including phenoxy) is 1. The van der Waals surface area contributed by atoms with E-state index in [0.717, 1.165) is 14.7 Å². The molecule has 7 heteroatoms. The van der Waals surface area contributed by atoms with Gasteiger partial charge in [-0.15, -0.1) is 0 Å². The summed E-state index contributed by atoms with van der Waals surface area (Å²) in [6.45, 7) is 0.608. The van der Waals surface area contributed by atoms with Crippen molar-refractivity contribution in [2.24, 2.45) is 0 Å². The standard InChI is InChI=1S/C21H19IN2O4/c1-28-16-5-2-13(3-6-16)11-24-19(25)9-8-18(21(24)27)23-12-14-10-15(22)4-7-17(14)20(23)26/h2-7,10,18H,8-9,11-12H2,1H3. The topological polar surface area (TPSA) is 66.9 Å². The van der Waals surface area contributed by atoms with Gasteiger partial charge >= 0.3 is 0 Å². The van der Waals surface area contributed by atoms with E-state index in [2.05, 4.69) is 22.6 Å². The first kappa shape index (κ1) is 18.9. The van der Waals surface area contributed by atoms with Gasteiger partial charge in [-0.2, -0.15) is 0 Å². The van der Waals surface area contributed by atoms with Gasteiger partial charge in [0.2, 0.25) is 5.91 Å². The number of carbonyl (C=O) groups is 3. The molecule has 1 atom stereocenters. The molecule has 3 amide bonds. The molecule has 0 spiro atoms. The molecule has 28 heavy (non-hydrogen) atoms. The minimum absolute atomic E-state index is 0.136. The van der Waals surface area contributed by atoms with Crippen LogP contribution in [0.4, 0.5) is 0 Å². The van der Waals surface area contributed by atoms with Crippen molar-refractivity contribution in [3.05, 3.63) is 62.7 Å². The Hall–Kier alpha value is -2.42. The second kappa shape index (κ2) is 7.54. The third kappa shape index (κ3) is 3.39. The average molecular weight is 490 g/mol. The molecule has 2 aliphatic rings. The molecule has 2 heterocycles. The lowest BCUT2D eigenvalue weighted by molar-refractivity contribution is -0.153. The first-order chi connectivity index (χ1) is 13.5. The number of likely N-dealkylation sites (tertiary alicyclic amines) is 1. The largest absolute Gasteiger partial charge is 0.497 e. The van der Waals surface area contributed by atoms with Gasteiger partial charge in [-0.05, 0) is 70.5 Å². The summed E-state index contributed by atoms with van der Waals surface area (Å²) in [6.07, 6.45) is 0.623. The number of hydrogen-bond acceptors (Lipinski definition) is 4. The fourth-order valence-corrected chi connectivity index (χ4v) is 4.31. The van der Waals surface area contributed by atoms with E-state index in [-0.39, 0.29) is 30.7 Å². The van der Waals surface area contributed by atoms with E-state index in [1.165, 1.54) is 4.90 Å². The van der Waals surface area contributed by atoms with Gasteiger partial charge < -0.3 is 9.64 Å². The predicted molar refractivity (Wildman–Crippen MR) is 111 cm³/mol. The summed E-state index contributed by atoms with van der Waals surface area (Å²) in [5.74, 6) is 0.0789. The Morgan fingerprint density at radius 1 is 1.11 bits per heavy atom. The summed E-state index contributed by atoms with van der Waals surface area (Å²) in [7, 11) is 1.59. The van der Waals surface area contributed by atoms with E-state index in [4.69, 9.17) is 4.74 Å². The maximum absolute atomic E-state index is 13.1. The molecular formula is C21H19IN2O4. The van der Waals surface area contributed by atoms with Crippen LogP contribution in [0.3, 0.4) is 0 Å². The number of halogens is 1. The van der Waals surface area contributed by atoms with E-state index in [9.17, 15) is 14.4 Å². The average Bonchev–Trinajstić information content (AvgIpc) is 3.01. The van der Waals surface area contributed by atoms with E-state index >= 15 is 0 Å². The SMILES string of the molecule is COc1ccc(CN2C(=O)CCC(N3Cc4cc(I)ccc4C3=O)C2=O)cc1. The molecule has 1 fully saturated rings.